The van der Waals surface area contributed by atoms with Gasteiger partial charge in [0.05, 0.1) is 11.6 Å². The molecule has 0 saturated heterocycles. The number of nitrogens with two attached hydrogens (primary N) is 1. The summed E-state index contributed by atoms with van der Waals surface area (Å²) in [5.74, 6) is 0.863. The molecule has 4 heteroatoms. The first kappa shape index (κ1) is 20.0. The van der Waals surface area contributed by atoms with Gasteiger partial charge in [0.1, 0.15) is 5.75 Å². The average molecular weight is 405 g/mol. The lowest BCUT2D eigenvalue weighted by Gasteiger charge is -2.25. The number of methoxy groups -OCH3 is 1. The van der Waals surface area contributed by atoms with Crippen molar-refractivity contribution in [2.45, 2.75) is 40.3 Å². The maximum atomic E-state index is 5.75. The smallest absolute Gasteiger partial charge is 0.133 e. The lowest BCUT2D eigenvalue weighted by molar-refractivity contribution is 0.254. The first-order valence-electron chi connectivity index (χ1n) is 8.76. The Kier molecular flexibility index (Phi) is 7.48. The molecule has 0 unspecified atom stereocenters. The summed E-state index contributed by atoms with van der Waals surface area (Å²) in [6.45, 7) is 10.1. The van der Waals surface area contributed by atoms with Crippen molar-refractivity contribution in [3.05, 3.63) is 62.6 Å². The van der Waals surface area contributed by atoms with E-state index < -0.39 is 0 Å². The molecule has 2 aromatic carbocycles. The molecule has 0 atom stereocenters. The van der Waals surface area contributed by atoms with Gasteiger partial charge >= 0.3 is 0 Å². The van der Waals surface area contributed by atoms with E-state index in [0.717, 1.165) is 36.3 Å². The minimum absolute atomic E-state index is 0.717. The van der Waals surface area contributed by atoms with Gasteiger partial charge in [0.15, 0.2) is 0 Å². The summed E-state index contributed by atoms with van der Waals surface area (Å²) in [4.78, 5) is 2.48. The molecule has 2 rings (SSSR count). The third-order valence-electron chi connectivity index (χ3n) is 4.52. The molecular weight excluding hydrogens is 376 g/mol. The van der Waals surface area contributed by atoms with Gasteiger partial charge in [-0.25, -0.2) is 0 Å². The van der Waals surface area contributed by atoms with Crippen LogP contribution in [0.25, 0.3) is 0 Å². The monoisotopic (exact) mass is 404 g/mol. The van der Waals surface area contributed by atoms with E-state index in [-0.39, 0.29) is 0 Å². The third kappa shape index (κ3) is 5.56. The number of benzene rings is 2. The van der Waals surface area contributed by atoms with Crippen LogP contribution in [-0.4, -0.2) is 25.1 Å². The maximum Gasteiger partial charge on any atom is 0.133 e. The quantitative estimate of drug-likeness (QED) is 0.690. The van der Waals surface area contributed by atoms with E-state index in [4.69, 9.17) is 10.5 Å². The van der Waals surface area contributed by atoms with Crippen molar-refractivity contribution in [1.82, 2.24) is 4.90 Å². The van der Waals surface area contributed by atoms with Crippen LogP contribution in [-0.2, 0) is 13.1 Å². The van der Waals surface area contributed by atoms with Crippen LogP contribution in [0.15, 0.2) is 34.8 Å². The van der Waals surface area contributed by atoms with Gasteiger partial charge in [-0.05, 0) is 84.1 Å². The summed E-state index contributed by atoms with van der Waals surface area (Å²) in [5, 5.41) is 0. The first-order valence-corrected chi connectivity index (χ1v) is 9.55. The number of rotatable bonds is 8. The van der Waals surface area contributed by atoms with Gasteiger partial charge in [0.2, 0.25) is 0 Å². The zero-order valence-corrected chi connectivity index (χ0v) is 17.3. The van der Waals surface area contributed by atoms with Crippen LogP contribution >= 0.6 is 15.9 Å². The third-order valence-corrected chi connectivity index (χ3v) is 5.14. The molecule has 0 heterocycles. The Hall–Kier alpha value is -1.36. The molecule has 2 aromatic rings. The molecular formula is C21H29BrN2O. The largest absolute Gasteiger partial charge is 0.496 e. The Bertz CT molecular complexity index is 692. The zero-order valence-electron chi connectivity index (χ0n) is 15.7. The summed E-state index contributed by atoms with van der Waals surface area (Å²) in [6.07, 6.45) is 1.00. The Morgan fingerprint density at radius 3 is 2.28 bits per heavy atom. The highest BCUT2D eigenvalue weighted by Gasteiger charge is 2.12. The van der Waals surface area contributed by atoms with Crippen LogP contribution in [0.1, 0.15) is 34.2 Å². The van der Waals surface area contributed by atoms with Gasteiger partial charge in [0.25, 0.3) is 0 Å². The molecule has 0 amide bonds. The number of nitrogens with zero attached hydrogens (tertiary/aromatic N) is 1. The van der Waals surface area contributed by atoms with Crippen molar-refractivity contribution in [3.63, 3.8) is 0 Å². The first-order chi connectivity index (χ1) is 11.9. The van der Waals surface area contributed by atoms with Gasteiger partial charge in [0, 0.05) is 19.6 Å². The second kappa shape index (κ2) is 9.37. The van der Waals surface area contributed by atoms with Crippen molar-refractivity contribution < 1.29 is 4.74 Å². The normalized spacial score (nSPS) is 11.2. The van der Waals surface area contributed by atoms with Crippen molar-refractivity contribution in [1.29, 1.82) is 0 Å². The highest BCUT2D eigenvalue weighted by Crippen LogP contribution is 2.27. The number of ether oxygens (including phenoxy) is 1. The summed E-state index contributed by atoms with van der Waals surface area (Å²) in [7, 11) is 1.69. The summed E-state index contributed by atoms with van der Waals surface area (Å²) in [5.41, 5.74) is 12.5. The zero-order chi connectivity index (χ0) is 18.4. The lowest BCUT2D eigenvalue weighted by atomic mass is 9.99. The number of hydrogen-bond acceptors (Lipinski definition) is 3. The molecule has 0 bridgehead atoms. The Morgan fingerprint density at radius 1 is 1.04 bits per heavy atom. The average Bonchev–Trinajstić information content (AvgIpc) is 2.55. The molecule has 0 aliphatic heterocycles. The molecule has 0 aliphatic rings. The summed E-state index contributed by atoms with van der Waals surface area (Å²) in [6, 6.07) is 10.8. The Labute approximate surface area is 160 Å². The van der Waals surface area contributed by atoms with E-state index in [9.17, 15) is 0 Å². The number of hydrogen-bond donors (Lipinski definition) is 1. The summed E-state index contributed by atoms with van der Waals surface area (Å²) < 4.78 is 6.33. The highest BCUT2D eigenvalue weighted by molar-refractivity contribution is 9.10. The van der Waals surface area contributed by atoms with E-state index in [2.05, 4.69) is 65.9 Å². The minimum atomic E-state index is 0.717. The van der Waals surface area contributed by atoms with Crippen molar-refractivity contribution in [2.24, 2.45) is 5.73 Å². The topological polar surface area (TPSA) is 38.5 Å². The van der Waals surface area contributed by atoms with E-state index >= 15 is 0 Å². The molecule has 0 fully saturated rings. The Balaban J connectivity index is 2.20. The Morgan fingerprint density at radius 2 is 1.72 bits per heavy atom. The van der Waals surface area contributed by atoms with Gasteiger partial charge in [-0.15, -0.1) is 0 Å². The van der Waals surface area contributed by atoms with Crippen LogP contribution < -0.4 is 10.5 Å². The van der Waals surface area contributed by atoms with E-state index in [1.807, 2.05) is 6.07 Å². The minimum Gasteiger partial charge on any atom is -0.496 e. The fraction of sp³-hybridized carbons (Fsp3) is 0.429. The van der Waals surface area contributed by atoms with E-state index in [0.29, 0.717) is 6.54 Å². The van der Waals surface area contributed by atoms with Crippen molar-refractivity contribution in [2.75, 3.05) is 20.2 Å². The maximum absolute atomic E-state index is 5.75. The SMILES string of the molecule is COc1ccc(CN(CCCN)Cc2c(C)cc(C)cc2C)cc1Br. The molecule has 0 aliphatic carbocycles. The van der Waals surface area contributed by atoms with Gasteiger partial charge in [-0.2, -0.15) is 0 Å². The molecule has 25 heavy (non-hydrogen) atoms. The van der Waals surface area contributed by atoms with Gasteiger partial charge in [-0.3, -0.25) is 4.90 Å². The molecule has 0 saturated carbocycles. The number of halogens is 1. The molecule has 3 nitrogen and oxygen atoms in total. The van der Waals surface area contributed by atoms with Gasteiger partial charge < -0.3 is 10.5 Å². The molecule has 0 radical (unpaired) electrons. The molecule has 0 aromatic heterocycles. The molecule has 136 valence electrons. The molecule has 2 N–H and O–H groups in total. The fourth-order valence-corrected chi connectivity index (χ4v) is 3.87. The van der Waals surface area contributed by atoms with E-state index in [1.54, 1.807) is 7.11 Å². The van der Waals surface area contributed by atoms with Crippen molar-refractivity contribution in [3.8, 4) is 5.75 Å². The van der Waals surface area contributed by atoms with E-state index in [1.165, 1.54) is 27.8 Å². The van der Waals surface area contributed by atoms with Crippen LogP contribution in [0.3, 0.4) is 0 Å². The second-order valence-corrected chi connectivity index (χ2v) is 7.55. The predicted molar refractivity (Wildman–Crippen MR) is 109 cm³/mol. The summed E-state index contributed by atoms with van der Waals surface area (Å²) >= 11 is 3.58. The standard InChI is InChI=1S/C21H29BrN2O/c1-15-10-16(2)19(17(3)11-15)14-24(9-5-8-23)13-18-6-7-21(25-4)20(22)12-18/h6-7,10-12H,5,8-9,13-14,23H2,1-4H3. The highest BCUT2D eigenvalue weighted by atomic mass is 79.9. The van der Waals surface area contributed by atoms with Crippen molar-refractivity contribution >= 4 is 15.9 Å². The fourth-order valence-electron chi connectivity index (χ4n) is 3.28. The second-order valence-electron chi connectivity index (χ2n) is 6.70. The van der Waals surface area contributed by atoms with Crippen LogP contribution in [0.2, 0.25) is 0 Å². The van der Waals surface area contributed by atoms with Crippen LogP contribution in [0, 0.1) is 20.8 Å². The predicted octanol–water partition coefficient (Wildman–Crippen LogP) is 4.73. The number of aryl methyl sites for hydroxylation is 3. The van der Waals surface area contributed by atoms with Crippen LogP contribution in [0.5, 0.6) is 5.75 Å². The van der Waals surface area contributed by atoms with Crippen LogP contribution in [0.4, 0.5) is 0 Å². The lowest BCUT2D eigenvalue weighted by Crippen LogP contribution is -2.26. The molecule has 0 spiro atoms. The van der Waals surface area contributed by atoms with Gasteiger partial charge in [-0.1, -0.05) is 23.8 Å².